The van der Waals surface area contributed by atoms with Crippen molar-refractivity contribution in [1.29, 1.82) is 0 Å². The maximum Gasteiger partial charge on any atom is 0.266 e. The first-order chi connectivity index (χ1) is 7.58. The predicted octanol–water partition coefficient (Wildman–Crippen LogP) is 0.500. The molecule has 1 aliphatic heterocycles. The molecule has 0 bridgehead atoms. The minimum atomic E-state index is -0.475. The summed E-state index contributed by atoms with van der Waals surface area (Å²) >= 11 is 6.99. The van der Waals surface area contributed by atoms with Crippen LogP contribution in [-0.4, -0.2) is 35.7 Å². The molecule has 0 unspecified atom stereocenters. The molecule has 1 N–H and O–H groups in total. The molecule has 16 heavy (non-hydrogen) atoms. The number of hydrogen-bond donors (Lipinski definition) is 1. The van der Waals surface area contributed by atoms with Gasteiger partial charge in [0, 0.05) is 0 Å². The van der Waals surface area contributed by atoms with Crippen molar-refractivity contribution in [3.63, 3.8) is 0 Å². The molecule has 5 nitrogen and oxygen atoms in total. The molecule has 1 aromatic heterocycles. The predicted molar refractivity (Wildman–Crippen MR) is 58.4 cm³/mol. The molecule has 3 amide bonds. The van der Waals surface area contributed by atoms with E-state index in [4.69, 9.17) is 11.6 Å². The number of nitrogens with zero attached hydrogens (tertiary/aromatic N) is 1. The summed E-state index contributed by atoms with van der Waals surface area (Å²) in [6, 6.07) is 1.60. The number of thiophene rings is 1. The summed E-state index contributed by atoms with van der Waals surface area (Å²) in [4.78, 5) is 35.6. The lowest BCUT2D eigenvalue weighted by Gasteiger charge is -2.24. The molecule has 84 valence electrons. The van der Waals surface area contributed by atoms with E-state index in [0.717, 1.165) is 0 Å². The van der Waals surface area contributed by atoms with Gasteiger partial charge in [-0.2, -0.15) is 0 Å². The van der Waals surface area contributed by atoms with Gasteiger partial charge in [-0.15, -0.1) is 11.3 Å². The van der Waals surface area contributed by atoms with Gasteiger partial charge in [0.1, 0.15) is 18.0 Å². The fraction of sp³-hybridized carbons (Fsp3) is 0.222. The van der Waals surface area contributed by atoms with E-state index in [0.29, 0.717) is 9.90 Å². The van der Waals surface area contributed by atoms with Crippen LogP contribution in [0.5, 0.6) is 0 Å². The monoisotopic (exact) mass is 258 g/mol. The van der Waals surface area contributed by atoms with Gasteiger partial charge < -0.3 is 4.90 Å². The average molecular weight is 259 g/mol. The molecular weight excluding hydrogens is 252 g/mol. The minimum Gasteiger partial charge on any atom is -0.319 e. The van der Waals surface area contributed by atoms with Crippen molar-refractivity contribution in [2.24, 2.45) is 0 Å². The Labute approximate surface area is 100.0 Å². The topological polar surface area (TPSA) is 66.5 Å². The summed E-state index contributed by atoms with van der Waals surface area (Å²) in [5, 5.41) is 4.15. The first-order valence-electron chi connectivity index (χ1n) is 4.43. The average Bonchev–Trinajstić information content (AvgIpc) is 2.62. The third-order valence-corrected chi connectivity index (χ3v) is 3.38. The van der Waals surface area contributed by atoms with Crippen LogP contribution in [0.2, 0.25) is 5.02 Å². The van der Waals surface area contributed by atoms with Gasteiger partial charge in [0.2, 0.25) is 11.8 Å². The van der Waals surface area contributed by atoms with Crippen molar-refractivity contribution in [2.75, 3.05) is 13.1 Å². The van der Waals surface area contributed by atoms with Gasteiger partial charge in [-0.3, -0.25) is 19.7 Å². The van der Waals surface area contributed by atoms with Crippen LogP contribution >= 0.6 is 22.9 Å². The third-order valence-electron chi connectivity index (χ3n) is 2.05. The van der Waals surface area contributed by atoms with E-state index >= 15 is 0 Å². The van der Waals surface area contributed by atoms with Crippen molar-refractivity contribution >= 4 is 40.7 Å². The summed E-state index contributed by atoms with van der Waals surface area (Å²) in [6.07, 6.45) is 0. The second-order valence-electron chi connectivity index (χ2n) is 3.23. The van der Waals surface area contributed by atoms with Crippen LogP contribution in [0.3, 0.4) is 0 Å². The van der Waals surface area contributed by atoms with Gasteiger partial charge >= 0.3 is 0 Å². The van der Waals surface area contributed by atoms with Crippen molar-refractivity contribution in [3.05, 3.63) is 21.3 Å². The van der Waals surface area contributed by atoms with Crippen LogP contribution in [0.25, 0.3) is 0 Å². The number of carbonyl (C=O) groups is 3. The van der Waals surface area contributed by atoms with E-state index in [1.54, 1.807) is 11.4 Å². The molecule has 0 atom stereocenters. The zero-order chi connectivity index (χ0) is 11.7. The SMILES string of the molecule is O=C1CN(C(=O)c2sccc2Cl)CC(=O)N1. The Morgan fingerprint density at radius 3 is 2.50 bits per heavy atom. The number of amides is 3. The van der Waals surface area contributed by atoms with E-state index in [1.165, 1.54) is 16.2 Å². The van der Waals surface area contributed by atoms with Crippen LogP contribution in [0.15, 0.2) is 11.4 Å². The second-order valence-corrected chi connectivity index (χ2v) is 4.55. The van der Waals surface area contributed by atoms with Gasteiger partial charge in [-0.25, -0.2) is 0 Å². The fourth-order valence-corrected chi connectivity index (χ4v) is 2.47. The lowest BCUT2D eigenvalue weighted by atomic mass is 10.3. The lowest BCUT2D eigenvalue weighted by molar-refractivity contribution is -0.135. The van der Waals surface area contributed by atoms with Crippen molar-refractivity contribution in [2.45, 2.75) is 0 Å². The number of halogens is 1. The third kappa shape index (κ3) is 2.07. The Kier molecular flexibility index (Phi) is 2.93. The Morgan fingerprint density at radius 1 is 1.38 bits per heavy atom. The van der Waals surface area contributed by atoms with E-state index in [9.17, 15) is 14.4 Å². The molecule has 1 aromatic rings. The standard InChI is InChI=1S/C9H7ClN2O3S/c10-5-1-2-16-8(5)9(15)12-3-6(13)11-7(14)4-12/h1-2H,3-4H2,(H,11,13,14). The van der Waals surface area contributed by atoms with Gasteiger partial charge in [-0.05, 0) is 11.4 Å². The van der Waals surface area contributed by atoms with Gasteiger partial charge in [0.05, 0.1) is 5.02 Å². The zero-order valence-corrected chi connectivity index (χ0v) is 9.60. The number of nitrogens with one attached hydrogen (secondary N) is 1. The quantitative estimate of drug-likeness (QED) is 0.746. The summed E-state index contributed by atoms with van der Waals surface area (Å²) in [7, 11) is 0. The number of rotatable bonds is 1. The summed E-state index contributed by atoms with van der Waals surface area (Å²) < 4.78 is 0. The Bertz CT molecular complexity index is 455. The molecule has 0 saturated carbocycles. The maximum absolute atomic E-state index is 11.9. The van der Waals surface area contributed by atoms with Crippen LogP contribution in [0, 0.1) is 0 Å². The van der Waals surface area contributed by atoms with E-state index in [2.05, 4.69) is 5.32 Å². The van der Waals surface area contributed by atoms with E-state index in [-0.39, 0.29) is 19.0 Å². The van der Waals surface area contributed by atoms with E-state index < -0.39 is 11.8 Å². The molecule has 0 radical (unpaired) electrons. The first-order valence-corrected chi connectivity index (χ1v) is 5.68. The molecule has 0 aliphatic carbocycles. The molecule has 7 heteroatoms. The van der Waals surface area contributed by atoms with Crippen LogP contribution in [0.4, 0.5) is 0 Å². The van der Waals surface area contributed by atoms with E-state index in [1.807, 2.05) is 0 Å². The first kappa shape index (κ1) is 11.1. The normalized spacial score (nSPS) is 16.2. The van der Waals surface area contributed by atoms with Crippen molar-refractivity contribution in [1.82, 2.24) is 10.2 Å². The number of imide groups is 1. The smallest absolute Gasteiger partial charge is 0.266 e. The lowest BCUT2D eigenvalue weighted by Crippen LogP contribution is -2.53. The van der Waals surface area contributed by atoms with Gasteiger partial charge in [-0.1, -0.05) is 11.6 Å². The van der Waals surface area contributed by atoms with Crippen LogP contribution in [-0.2, 0) is 9.59 Å². The number of carbonyl (C=O) groups excluding carboxylic acids is 3. The number of hydrogen-bond acceptors (Lipinski definition) is 4. The summed E-state index contributed by atoms with van der Waals surface area (Å²) in [5.41, 5.74) is 0. The minimum absolute atomic E-state index is 0.112. The summed E-state index contributed by atoms with van der Waals surface area (Å²) in [5.74, 6) is -1.34. The zero-order valence-electron chi connectivity index (χ0n) is 8.03. The molecular formula is C9H7ClN2O3S. The largest absolute Gasteiger partial charge is 0.319 e. The van der Waals surface area contributed by atoms with Gasteiger partial charge in [0.15, 0.2) is 0 Å². The molecule has 0 aromatic carbocycles. The molecule has 0 spiro atoms. The van der Waals surface area contributed by atoms with Crippen molar-refractivity contribution < 1.29 is 14.4 Å². The molecule has 2 heterocycles. The molecule has 1 aliphatic rings. The van der Waals surface area contributed by atoms with Gasteiger partial charge in [0.25, 0.3) is 5.91 Å². The number of piperazine rings is 1. The highest BCUT2D eigenvalue weighted by Gasteiger charge is 2.28. The highest BCUT2D eigenvalue weighted by molar-refractivity contribution is 7.12. The van der Waals surface area contributed by atoms with Crippen LogP contribution in [0.1, 0.15) is 9.67 Å². The summed E-state index contributed by atoms with van der Waals surface area (Å²) in [6.45, 7) is -0.225. The Hall–Kier alpha value is -1.40. The highest BCUT2D eigenvalue weighted by Crippen LogP contribution is 2.23. The maximum atomic E-state index is 11.9. The highest BCUT2D eigenvalue weighted by atomic mass is 35.5. The Balaban J connectivity index is 2.19. The fourth-order valence-electron chi connectivity index (χ4n) is 1.37. The van der Waals surface area contributed by atoms with Crippen LogP contribution < -0.4 is 5.32 Å². The second kappa shape index (κ2) is 4.23. The molecule has 1 fully saturated rings. The molecule has 1 saturated heterocycles. The molecule has 2 rings (SSSR count). The van der Waals surface area contributed by atoms with Crippen molar-refractivity contribution in [3.8, 4) is 0 Å². The Morgan fingerprint density at radius 2 is 2.00 bits per heavy atom.